The van der Waals surface area contributed by atoms with Crippen LogP contribution in [0.5, 0.6) is 0 Å². The number of amides is 3. The van der Waals surface area contributed by atoms with Crippen LogP contribution in [-0.4, -0.2) is 84.8 Å². The van der Waals surface area contributed by atoms with Crippen LogP contribution in [0.3, 0.4) is 0 Å². The SMILES string of the molecule is CCOC(=O)N1CCC(NC(=O)N2CCN(C3CC3)CC2)CC1. The third-order valence-electron chi connectivity index (χ3n) is 5.01. The molecule has 7 nitrogen and oxygen atoms in total. The second-order valence-electron chi connectivity index (χ2n) is 6.66. The second-order valence-corrected chi connectivity index (χ2v) is 6.66. The number of rotatable bonds is 3. The lowest BCUT2D eigenvalue weighted by Gasteiger charge is -2.37. The highest BCUT2D eigenvalue weighted by Crippen LogP contribution is 2.27. The maximum absolute atomic E-state index is 12.4. The van der Waals surface area contributed by atoms with E-state index >= 15 is 0 Å². The lowest BCUT2D eigenvalue weighted by molar-refractivity contribution is 0.0939. The molecule has 0 aromatic heterocycles. The van der Waals surface area contributed by atoms with Crippen molar-refractivity contribution in [2.45, 2.75) is 44.7 Å². The fourth-order valence-electron chi connectivity index (χ4n) is 3.42. The van der Waals surface area contributed by atoms with E-state index in [0.717, 1.165) is 45.1 Å². The summed E-state index contributed by atoms with van der Waals surface area (Å²) >= 11 is 0. The number of likely N-dealkylation sites (tertiary alicyclic amines) is 1. The molecule has 1 aliphatic carbocycles. The largest absolute Gasteiger partial charge is 0.450 e. The summed E-state index contributed by atoms with van der Waals surface area (Å²) in [7, 11) is 0. The van der Waals surface area contributed by atoms with Crippen LogP contribution in [0, 0.1) is 0 Å². The summed E-state index contributed by atoms with van der Waals surface area (Å²) in [5.74, 6) is 0. The molecule has 3 amide bonds. The van der Waals surface area contributed by atoms with Crippen LogP contribution in [0.25, 0.3) is 0 Å². The Bertz CT molecular complexity index is 425. The van der Waals surface area contributed by atoms with E-state index in [4.69, 9.17) is 4.74 Å². The van der Waals surface area contributed by atoms with Crippen LogP contribution in [0.1, 0.15) is 32.6 Å². The highest BCUT2D eigenvalue weighted by Gasteiger charge is 2.33. The van der Waals surface area contributed by atoms with Gasteiger partial charge in [0.25, 0.3) is 0 Å². The maximum atomic E-state index is 12.4. The number of hydrogen-bond donors (Lipinski definition) is 1. The van der Waals surface area contributed by atoms with Gasteiger partial charge in [0, 0.05) is 51.4 Å². The number of urea groups is 1. The number of carbonyl (C=O) groups is 2. The Morgan fingerprint density at radius 2 is 1.61 bits per heavy atom. The van der Waals surface area contributed by atoms with Crippen molar-refractivity contribution in [3.05, 3.63) is 0 Å². The van der Waals surface area contributed by atoms with E-state index in [1.165, 1.54) is 12.8 Å². The maximum Gasteiger partial charge on any atom is 0.409 e. The first-order chi connectivity index (χ1) is 11.2. The van der Waals surface area contributed by atoms with E-state index in [1.54, 1.807) is 4.90 Å². The average molecular weight is 324 g/mol. The Hall–Kier alpha value is -1.50. The Morgan fingerprint density at radius 1 is 0.957 bits per heavy atom. The van der Waals surface area contributed by atoms with Gasteiger partial charge in [-0.15, -0.1) is 0 Å². The fourth-order valence-corrected chi connectivity index (χ4v) is 3.42. The van der Waals surface area contributed by atoms with Crippen molar-refractivity contribution < 1.29 is 14.3 Å². The first-order valence-electron chi connectivity index (χ1n) is 8.88. The van der Waals surface area contributed by atoms with Gasteiger partial charge in [-0.05, 0) is 32.6 Å². The molecular formula is C16H28N4O3. The molecule has 2 saturated heterocycles. The molecule has 3 rings (SSSR count). The summed E-state index contributed by atoms with van der Waals surface area (Å²) in [4.78, 5) is 30.2. The van der Waals surface area contributed by atoms with Crippen molar-refractivity contribution in [2.24, 2.45) is 0 Å². The third-order valence-corrected chi connectivity index (χ3v) is 5.01. The van der Waals surface area contributed by atoms with E-state index in [2.05, 4.69) is 10.2 Å². The highest BCUT2D eigenvalue weighted by molar-refractivity contribution is 5.74. The zero-order valence-electron chi connectivity index (χ0n) is 14.0. The van der Waals surface area contributed by atoms with Gasteiger partial charge in [-0.25, -0.2) is 9.59 Å². The summed E-state index contributed by atoms with van der Waals surface area (Å²) in [6.45, 7) is 7.17. The number of piperidine rings is 1. The minimum Gasteiger partial charge on any atom is -0.450 e. The van der Waals surface area contributed by atoms with E-state index in [9.17, 15) is 9.59 Å². The van der Waals surface area contributed by atoms with Gasteiger partial charge in [-0.2, -0.15) is 0 Å². The molecule has 3 fully saturated rings. The Balaban J connectivity index is 1.37. The molecule has 2 heterocycles. The van der Waals surface area contributed by atoms with Gasteiger partial charge in [0.1, 0.15) is 0 Å². The van der Waals surface area contributed by atoms with Crippen molar-refractivity contribution in [3.63, 3.8) is 0 Å². The molecule has 7 heteroatoms. The minimum absolute atomic E-state index is 0.0510. The van der Waals surface area contributed by atoms with Crippen LogP contribution in [0.4, 0.5) is 9.59 Å². The smallest absolute Gasteiger partial charge is 0.409 e. The molecule has 3 aliphatic rings. The summed E-state index contributed by atoms with van der Waals surface area (Å²) in [5, 5.41) is 3.13. The molecule has 2 aliphatic heterocycles. The third kappa shape index (κ3) is 4.28. The van der Waals surface area contributed by atoms with Gasteiger partial charge in [-0.1, -0.05) is 0 Å². The van der Waals surface area contributed by atoms with Gasteiger partial charge in [-0.3, -0.25) is 4.90 Å². The summed E-state index contributed by atoms with van der Waals surface area (Å²) in [6.07, 6.45) is 4.00. The Labute approximate surface area is 137 Å². The molecule has 0 aromatic carbocycles. The monoisotopic (exact) mass is 324 g/mol. The second kappa shape index (κ2) is 7.38. The van der Waals surface area contributed by atoms with Crippen LogP contribution < -0.4 is 5.32 Å². The number of hydrogen-bond acceptors (Lipinski definition) is 4. The fraction of sp³-hybridized carbons (Fsp3) is 0.875. The normalized spacial score (nSPS) is 23.7. The van der Waals surface area contributed by atoms with Gasteiger partial charge in [0.05, 0.1) is 6.61 Å². The van der Waals surface area contributed by atoms with E-state index < -0.39 is 0 Å². The number of piperazine rings is 1. The number of nitrogens with zero attached hydrogens (tertiary/aromatic N) is 3. The van der Waals surface area contributed by atoms with Crippen LogP contribution in [0.15, 0.2) is 0 Å². The van der Waals surface area contributed by atoms with Crippen molar-refractivity contribution >= 4 is 12.1 Å². The highest BCUT2D eigenvalue weighted by atomic mass is 16.6. The summed E-state index contributed by atoms with van der Waals surface area (Å²) < 4.78 is 5.01. The van der Waals surface area contributed by atoms with Crippen LogP contribution >= 0.6 is 0 Å². The van der Waals surface area contributed by atoms with E-state index in [0.29, 0.717) is 19.7 Å². The van der Waals surface area contributed by atoms with Crippen molar-refractivity contribution in [2.75, 3.05) is 45.9 Å². The Kier molecular flexibility index (Phi) is 5.25. The van der Waals surface area contributed by atoms with Gasteiger partial charge in [0.2, 0.25) is 0 Å². The summed E-state index contributed by atoms with van der Waals surface area (Å²) in [6, 6.07) is 0.997. The molecule has 1 N–H and O–H groups in total. The topological polar surface area (TPSA) is 65.1 Å². The van der Waals surface area contributed by atoms with Gasteiger partial charge < -0.3 is 19.9 Å². The first-order valence-corrected chi connectivity index (χ1v) is 8.88. The van der Waals surface area contributed by atoms with E-state index in [1.807, 2.05) is 11.8 Å². The lowest BCUT2D eigenvalue weighted by Crippen LogP contribution is -2.55. The van der Waals surface area contributed by atoms with Crippen LogP contribution in [-0.2, 0) is 4.74 Å². The van der Waals surface area contributed by atoms with E-state index in [-0.39, 0.29) is 18.2 Å². The molecule has 0 unspecified atom stereocenters. The lowest BCUT2D eigenvalue weighted by atomic mass is 10.1. The molecule has 0 bridgehead atoms. The zero-order valence-corrected chi connectivity index (χ0v) is 14.0. The van der Waals surface area contributed by atoms with Crippen molar-refractivity contribution in [1.29, 1.82) is 0 Å². The zero-order chi connectivity index (χ0) is 16.2. The first kappa shape index (κ1) is 16.4. The predicted molar refractivity (Wildman–Crippen MR) is 86.3 cm³/mol. The van der Waals surface area contributed by atoms with Gasteiger partial charge in [0.15, 0.2) is 0 Å². The van der Waals surface area contributed by atoms with Gasteiger partial charge >= 0.3 is 12.1 Å². The molecule has 0 atom stereocenters. The molecule has 23 heavy (non-hydrogen) atoms. The van der Waals surface area contributed by atoms with Crippen molar-refractivity contribution in [1.82, 2.24) is 20.0 Å². The molecule has 0 aromatic rings. The van der Waals surface area contributed by atoms with Crippen molar-refractivity contribution in [3.8, 4) is 0 Å². The number of nitrogens with one attached hydrogen (secondary N) is 1. The average Bonchev–Trinajstić information content (AvgIpc) is 3.41. The molecular weight excluding hydrogens is 296 g/mol. The standard InChI is InChI=1S/C16H28N4O3/c1-2-23-16(22)20-7-5-13(6-8-20)17-15(21)19-11-9-18(10-12-19)14-3-4-14/h13-14H,2-12H2,1H3,(H,17,21). The molecule has 0 spiro atoms. The minimum atomic E-state index is -0.242. The molecule has 130 valence electrons. The molecule has 1 saturated carbocycles. The number of carbonyl (C=O) groups excluding carboxylic acids is 2. The summed E-state index contributed by atoms with van der Waals surface area (Å²) in [5.41, 5.74) is 0. The number of ether oxygens (including phenoxy) is 1. The quantitative estimate of drug-likeness (QED) is 0.844. The van der Waals surface area contributed by atoms with Crippen LogP contribution in [0.2, 0.25) is 0 Å². The molecule has 0 radical (unpaired) electrons. The Morgan fingerprint density at radius 3 is 2.17 bits per heavy atom. The predicted octanol–water partition coefficient (Wildman–Crippen LogP) is 1.10.